The van der Waals surface area contributed by atoms with Crippen molar-refractivity contribution in [2.24, 2.45) is 5.41 Å². The summed E-state index contributed by atoms with van der Waals surface area (Å²) in [6, 6.07) is 5.68. The number of carbonyl (C=O) groups is 1. The number of methoxy groups -OCH3 is 1. The van der Waals surface area contributed by atoms with Gasteiger partial charge in [0.05, 0.1) is 12.7 Å². The van der Waals surface area contributed by atoms with Gasteiger partial charge in [-0.05, 0) is 30.0 Å². The van der Waals surface area contributed by atoms with Crippen molar-refractivity contribution < 1.29 is 14.6 Å². The fourth-order valence-electron chi connectivity index (χ4n) is 2.27. The maximum absolute atomic E-state index is 12.6. The number of anilines is 1. The molecule has 1 aromatic rings. The van der Waals surface area contributed by atoms with E-state index < -0.39 is 6.10 Å². The topological polar surface area (TPSA) is 61.8 Å². The Morgan fingerprint density at radius 3 is 2.61 bits per heavy atom. The van der Waals surface area contributed by atoms with E-state index in [-0.39, 0.29) is 24.5 Å². The number of hydrogen-bond donors (Lipinski definition) is 2. The molecule has 1 rings (SSSR count). The predicted molar refractivity (Wildman–Crippen MR) is 94.0 cm³/mol. The first-order chi connectivity index (χ1) is 10.7. The molecular formula is C18H30N2O3. The van der Waals surface area contributed by atoms with Crippen LogP contribution in [-0.2, 0) is 4.74 Å². The van der Waals surface area contributed by atoms with E-state index in [1.165, 1.54) is 12.0 Å². The van der Waals surface area contributed by atoms with E-state index in [0.717, 1.165) is 17.8 Å². The van der Waals surface area contributed by atoms with Crippen LogP contribution in [0, 0.1) is 12.3 Å². The maximum atomic E-state index is 12.6. The summed E-state index contributed by atoms with van der Waals surface area (Å²) >= 11 is 0. The fourth-order valence-corrected chi connectivity index (χ4v) is 2.27. The van der Waals surface area contributed by atoms with Crippen molar-refractivity contribution in [2.45, 2.75) is 33.8 Å². The monoisotopic (exact) mass is 322 g/mol. The molecule has 0 aliphatic rings. The molecule has 0 saturated carbocycles. The third-order valence-corrected chi connectivity index (χ3v) is 3.56. The molecule has 130 valence electrons. The molecule has 0 heterocycles. The van der Waals surface area contributed by atoms with Gasteiger partial charge in [-0.25, -0.2) is 0 Å². The van der Waals surface area contributed by atoms with E-state index >= 15 is 0 Å². The number of hydrogen-bond acceptors (Lipinski definition) is 4. The number of aliphatic hydroxyl groups is 1. The Morgan fingerprint density at radius 2 is 2.04 bits per heavy atom. The summed E-state index contributed by atoms with van der Waals surface area (Å²) in [6.07, 6.45) is -0.684. The highest BCUT2D eigenvalue weighted by Gasteiger charge is 2.19. The van der Waals surface area contributed by atoms with Gasteiger partial charge in [0.15, 0.2) is 0 Å². The number of likely N-dealkylation sites (N-methyl/N-ethyl adjacent to an activating group) is 1. The van der Waals surface area contributed by atoms with E-state index in [2.05, 4.69) is 26.1 Å². The van der Waals surface area contributed by atoms with Crippen LogP contribution in [-0.4, -0.2) is 55.9 Å². The average Bonchev–Trinajstić information content (AvgIpc) is 2.44. The zero-order valence-corrected chi connectivity index (χ0v) is 15.1. The van der Waals surface area contributed by atoms with E-state index in [9.17, 15) is 9.90 Å². The number of nitrogens with zero attached hydrogens (tertiary/aromatic N) is 1. The van der Waals surface area contributed by atoms with Gasteiger partial charge >= 0.3 is 0 Å². The predicted octanol–water partition coefficient (Wildman–Crippen LogP) is 2.53. The highest BCUT2D eigenvalue weighted by molar-refractivity contribution is 5.96. The number of amides is 1. The summed E-state index contributed by atoms with van der Waals surface area (Å²) in [5.74, 6) is -0.0999. The molecule has 1 amide bonds. The number of ether oxygens (including phenoxy) is 1. The standard InChI is InChI=1S/C18H30N2O3/c1-13-15(17(22)20(5)10-14(21)11-23-6)8-7-9-16(13)19-12-18(2,3)4/h7-9,14,19,21H,10-12H2,1-6H3. The van der Waals surface area contributed by atoms with Crippen molar-refractivity contribution in [1.82, 2.24) is 4.90 Å². The zero-order valence-electron chi connectivity index (χ0n) is 15.1. The van der Waals surface area contributed by atoms with E-state index in [0.29, 0.717) is 5.56 Å². The SMILES string of the molecule is COCC(O)CN(C)C(=O)c1cccc(NCC(C)(C)C)c1C. The van der Waals surface area contributed by atoms with Crippen molar-refractivity contribution in [1.29, 1.82) is 0 Å². The molecule has 23 heavy (non-hydrogen) atoms. The summed E-state index contributed by atoms with van der Waals surface area (Å²) in [7, 11) is 3.22. The highest BCUT2D eigenvalue weighted by atomic mass is 16.5. The van der Waals surface area contributed by atoms with Crippen molar-refractivity contribution in [3.63, 3.8) is 0 Å². The Kier molecular flexibility index (Phi) is 7.03. The smallest absolute Gasteiger partial charge is 0.254 e. The van der Waals surface area contributed by atoms with Gasteiger partial charge in [0.2, 0.25) is 0 Å². The Labute approximate surface area is 139 Å². The number of carbonyl (C=O) groups excluding carboxylic acids is 1. The Morgan fingerprint density at radius 1 is 1.39 bits per heavy atom. The zero-order chi connectivity index (χ0) is 17.6. The normalized spacial score (nSPS) is 12.8. The second kappa shape index (κ2) is 8.31. The molecule has 0 saturated heterocycles. The van der Waals surface area contributed by atoms with Gasteiger partial charge in [-0.15, -0.1) is 0 Å². The molecular weight excluding hydrogens is 292 g/mol. The summed E-state index contributed by atoms with van der Waals surface area (Å²) in [5.41, 5.74) is 2.70. The summed E-state index contributed by atoms with van der Waals surface area (Å²) in [5, 5.41) is 13.2. The van der Waals surface area contributed by atoms with Crippen molar-refractivity contribution in [3.8, 4) is 0 Å². The lowest BCUT2D eigenvalue weighted by Crippen LogP contribution is -2.36. The van der Waals surface area contributed by atoms with Crippen LogP contribution in [0.15, 0.2) is 18.2 Å². The quantitative estimate of drug-likeness (QED) is 0.810. The van der Waals surface area contributed by atoms with Gasteiger partial charge in [-0.2, -0.15) is 0 Å². The lowest BCUT2D eigenvalue weighted by Gasteiger charge is -2.24. The number of aliphatic hydroxyl groups excluding tert-OH is 1. The second-order valence-electron chi connectivity index (χ2n) is 7.19. The molecule has 0 aliphatic carbocycles. The number of nitrogens with one attached hydrogen (secondary N) is 1. The highest BCUT2D eigenvalue weighted by Crippen LogP contribution is 2.22. The fraction of sp³-hybridized carbons (Fsp3) is 0.611. The molecule has 0 bridgehead atoms. The molecule has 0 fully saturated rings. The second-order valence-corrected chi connectivity index (χ2v) is 7.19. The molecule has 1 atom stereocenters. The Hall–Kier alpha value is -1.59. The minimum Gasteiger partial charge on any atom is -0.389 e. The van der Waals surface area contributed by atoms with Crippen LogP contribution in [0.25, 0.3) is 0 Å². The molecule has 1 aromatic carbocycles. The van der Waals surface area contributed by atoms with Crippen LogP contribution in [0.5, 0.6) is 0 Å². The van der Waals surface area contributed by atoms with Gasteiger partial charge in [-0.1, -0.05) is 26.8 Å². The Balaban J connectivity index is 2.85. The third kappa shape index (κ3) is 6.20. The molecule has 5 nitrogen and oxygen atoms in total. The summed E-state index contributed by atoms with van der Waals surface area (Å²) in [6.45, 7) is 9.71. The van der Waals surface area contributed by atoms with Crippen LogP contribution in [0.4, 0.5) is 5.69 Å². The lowest BCUT2D eigenvalue weighted by atomic mass is 9.96. The minimum atomic E-state index is -0.684. The number of benzene rings is 1. The van der Waals surface area contributed by atoms with E-state index in [1.54, 1.807) is 7.05 Å². The van der Waals surface area contributed by atoms with Gasteiger partial charge < -0.3 is 20.1 Å². The number of rotatable bonds is 7. The summed E-state index contributed by atoms with van der Waals surface area (Å²) < 4.78 is 4.90. The van der Waals surface area contributed by atoms with E-state index in [1.807, 2.05) is 25.1 Å². The third-order valence-electron chi connectivity index (χ3n) is 3.56. The van der Waals surface area contributed by atoms with Crippen LogP contribution < -0.4 is 5.32 Å². The summed E-state index contributed by atoms with van der Waals surface area (Å²) in [4.78, 5) is 14.1. The molecule has 5 heteroatoms. The van der Waals surface area contributed by atoms with Crippen LogP contribution in [0.2, 0.25) is 0 Å². The van der Waals surface area contributed by atoms with Crippen molar-refractivity contribution in [3.05, 3.63) is 29.3 Å². The van der Waals surface area contributed by atoms with Crippen molar-refractivity contribution in [2.75, 3.05) is 39.2 Å². The first-order valence-corrected chi connectivity index (χ1v) is 7.91. The van der Waals surface area contributed by atoms with Crippen LogP contribution in [0.1, 0.15) is 36.7 Å². The minimum absolute atomic E-state index is 0.0999. The van der Waals surface area contributed by atoms with Crippen LogP contribution in [0.3, 0.4) is 0 Å². The molecule has 0 radical (unpaired) electrons. The molecule has 2 N–H and O–H groups in total. The van der Waals surface area contributed by atoms with Gasteiger partial charge in [0, 0.05) is 38.5 Å². The molecule has 1 unspecified atom stereocenters. The maximum Gasteiger partial charge on any atom is 0.254 e. The first kappa shape index (κ1) is 19.5. The van der Waals surface area contributed by atoms with Gasteiger partial charge in [0.1, 0.15) is 0 Å². The lowest BCUT2D eigenvalue weighted by molar-refractivity contribution is 0.0380. The van der Waals surface area contributed by atoms with Crippen molar-refractivity contribution >= 4 is 11.6 Å². The molecule has 0 spiro atoms. The largest absolute Gasteiger partial charge is 0.389 e. The molecule has 0 aliphatic heterocycles. The Bertz CT molecular complexity index is 523. The van der Waals surface area contributed by atoms with Crippen LogP contribution >= 0.6 is 0 Å². The average molecular weight is 322 g/mol. The van der Waals surface area contributed by atoms with Gasteiger partial charge in [-0.3, -0.25) is 4.79 Å². The van der Waals surface area contributed by atoms with E-state index in [4.69, 9.17) is 4.74 Å². The first-order valence-electron chi connectivity index (χ1n) is 7.91. The molecule has 0 aromatic heterocycles. The van der Waals surface area contributed by atoms with Gasteiger partial charge in [0.25, 0.3) is 5.91 Å².